The zero-order valence-corrected chi connectivity index (χ0v) is 49.2. The fourth-order valence-corrected chi connectivity index (χ4v) is 9.56. The van der Waals surface area contributed by atoms with Crippen LogP contribution in [0.4, 0.5) is 0 Å². The summed E-state index contributed by atoms with van der Waals surface area (Å²) in [7, 11) is 0. The maximum Gasteiger partial charge on any atom is 0.335 e. The summed E-state index contributed by atoms with van der Waals surface area (Å²) in [6, 6.07) is 0. The van der Waals surface area contributed by atoms with Crippen LogP contribution >= 0.6 is 0 Å². The average molecular weight is 1090 g/mol. The number of aliphatic carboxylic acids is 1. The first-order valence-corrected chi connectivity index (χ1v) is 31.6. The molecule has 0 aromatic carbocycles. The topological polar surface area (TPSA) is 175 Å². The van der Waals surface area contributed by atoms with E-state index in [0.29, 0.717) is 19.3 Å². The maximum absolute atomic E-state index is 13.2. The summed E-state index contributed by atoms with van der Waals surface area (Å²) < 4.78 is 28.5. The van der Waals surface area contributed by atoms with Gasteiger partial charge in [-0.3, -0.25) is 14.4 Å². The molecule has 12 heteroatoms. The molecule has 0 amide bonds. The molecule has 6 atom stereocenters. The van der Waals surface area contributed by atoms with Crippen molar-refractivity contribution < 1.29 is 58.2 Å². The number of rotatable bonds is 54. The van der Waals surface area contributed by atoms with Crippen LogP contribution in [0.5, 0.6) is 0 Å². The highest BCUT2D eigenvalue weighted by Gasteiger charge is 2.50. The number of carboxylic acid groups (broad SMARTS) is 1. The van der Waals surface area contributed by atoms with Crippen molar-refractivity contribution in [3.05, 3.63) is 48.6 Å². The minimum atomic E-state index is -1.90. The summed E-state index contributed by atoms with van der Waals surface area (Å²) in [4.78, 5) is 51.2. The van der Waals surface area contributed by atoms with Gasteiger partial charge in [0.15, 0.2) is 24.6 Å². The van der Waals surface area contributed by atoms with Crippen molar-refractivity contribution in [3.63, 3.8) is 0 Å². The standard InChI is InChI=1S/C65H114O12/c1-4-7-10-13-16-19-22-25-27-28-29-30-32-35-38-41-44-47-50-53-59(68)76-63-61(70)60(69)62(64(71)72)77-65(63)74-55-56(75-58(67)52-49-46-43-40-37-33-24-21-18-15-12-9-6-3)54-73-57(66)51-48-45-42-39-36-34-31-26-23-20-17-14-11-8-5-2/h8,11,17,20,25-27,31,56,60-63,65,69-70H,4-7,9-10,12-16,18-19,21-24,28-30,32-55H2,1-3H3,(H,71,72)/b11-8-,20-17-,27-25-,31-26-. The number of hydrogen-bond acceptors (Lipinski definition) is 11. The lowest BCUT2D eigenvalue weighted by Crippen LogP contribution is -2.61. The highest BCUT2D eigenvalue weighted by atomic mass is 16.7. The lowest BCUT2D eigenvalue weighted by atomic mass is 9.98. The van der Waals surface area contributed by atoms with E-state index in [2.05, 4.69) is 69.4 Å². The molecule has 12 nitrogen and oxygen atoms in total. The highest BCUT2D eigenvalue weighted by molar-refractivity contribution is 5.74. The van der Waals surface area contributed by atoms with Gasteiger partial charge in [0, 0.05) is 19.3 Å². The second-order valence-electron chi connectivity index (χ2n) is 21.7. The molecule has 1 aliphatic heterocycles. The van der Waals surface area contributed by atoms with Crippen LogP contribution < -0.4 is 0 Å². The molecule has 1 saturated heterocycles. The molecular weight excluding hydrogens is 973 g/mol. The number of hydrogen-bond donors (Lipinski definition) is 3. The third-order valence-corrected chi connectivity index (χ3v) is 14.4. The summed E-state index contributed by atoms with van der Waals surface area (Å²) in [6.45, 7) is 5.89. The van der Waals surface area contributed by atoms with E-state index < -0.39 is 67.3 Å². The number of aliphatic hydroxyl groups is 2. The molecule has 1 rings (SSSR count). The van der Waals surface area contributed by atoms with Gasteiger partial charge in [-0.1, -0.05) is 243 Å². The fraction of sp³-hybridized carbons (Fsp3) is 0.815. The molecular formula is C65H114O12. The normalized spacial score (nSPS) is 18.3. The van der Waals surface area contributed by atoms with E-state index in [1.165, 1.54) is 128 Å². The Kier molecular flexibility index (Phi) is 49.7. The Bertz CT molecular complexity index is 1520. The van der Waals surface area contributed by atoms with Crippen molar-refractivity contribution in [1.82, 2.24) is 0 Å². The summed E-state index contributed by atoms with van der Waals surface area (Å²) >= 11 is 0. The van der Waals surface area contributed by atoms with Crippen LogP contribution in [0.3, 0.4) is 0 Å². The van der Waals surface area contributed by atoms with Gasteiger partial charge in [-0.2, -0.15) is 0 Å². The smallest absolute Gasteiger partial charge is 0.335 e. The van der Waals surface area contributed by atoms with Crippen LogP contribution in [0.25, 0.3) is 0 Å². The van der Waals surface area contributed by atoms with Gasteiger partial charge in [0.2, 0.25) is 0 Å². The second kappa shape index (κ2) is 53.3. The molecule has 0 spiro atoms. The van der Waals surface area contributed by atoms with E-state index in [4.69, 9.17) is 23.7 Å². The number of esters is 3. The van der Waals surface area contributed by atoms with Crippen LogP contribution in [0.15, 0.2) is 48.6 Å². The SMILES string of the molecule is CC/C=C\C/C=C\C/C=C\CCCCCCCC(=O)OCC(COC1OC(C(=O)O)C(O)C(O)C1OC(=O)CCCCCCCCCCC/C=C\CCCCCCCC)OC(=O)CCCCCCCCCCCCCCC. The number of ether oxygens (including phenoxy) is 5. The molecule has 0 aromatic rings. The second-order valence-corrected chi connectivity index (χ2v) is 21.7. The first kappa shape index (κ1) is 71.7. The minimum absolute atomic E-state index is 0.0588. The number of unbranched alkanes of at least 4 members (excludes halogenated alkanes) is 32. The monoisotopic (exact) mass is 1090 g/mol. The van der Waals surface area contributed by atoms with E-state index in [0.717, 1.165) is 103 Å². The predicted molar refractivity (Wildman–Crippen MR) is 312 cm³/mol. The summed E-state index contributed by atoms with van der Waals surface area (Å²) in [5, 5.41) is 31.5. The maximum atomic E-state index is 13.2. The molecule has 3 N–H and O–H groups in total. The minimum Gasteiger partial charge on any atom is -0.479 e. The number of allylic oxidation sites excluding steroid dienone is 8. The van der Waals surface area contributed by atoms with Gasteiger partial charge in [0.05, 0.1) is 6.61 Å². The lowest BCUT2D eigenvalue weighted by Gasteiger charge is -2.40. The number of carbonyl (C=O) groups excluding carboxylic acids is 3. The third kappa shape index (κ3) is 43.2. The first-order chi connectivity index (χ1) is 37.6. The van der Waals surface area contributed by atoms with Crippen molar-refractivity contribution in [3.8, 4) is 0 Å². The Morgan fingerprint density at radius 1 is 0.442 bits per heavy atom. The molecule has 77 heavy (non-hydrogen) atoms. The Morgan fingerprint density at radius 3 is 1.26 bits per heavy atom. The molecule has 6 unspecified atom stereocenters. The molecule has 446 valence electrons. The van der Waals surface area contributed by atoms with Crippen LogP contribution in [0.2, 0.25) is 0 Å². The van der Waals surface area contributed by atoms with Crippen molar-refractivity contribution in [2.45, 2.75) is 327 Å². The van der Waals surface area contributed by atoms with Crippen molar-refractivity contribution in [1.29, 1.82) is 0 Å². The Morgan fingerprint density at radius 2 is 0.818 bits per heavy atom. The summed E-state index contributed by atoms with van der Waals surface area (Å²) in [5.74, 6) is -3.12. The number of aliphatic hydroxyl groups excluding tert-OH is 2. The van der Waals surface area contributed by atoms with Gasteiger partial charge in [-0.15, -0.1) is 0 Å². The predicted octanol–water partition coefficient (Wildman–Crippen LogP) is 16.6. The zero-order valence-electron chi connectivity index (χ0n) is 49.2. The van der Waals surface area contributed by atoms with Gasteiger partial charge in [0.1, 0.15) is 18.8 Å². The van der Waals surface area contributed by atoms with Crippen LogP contribution in [0.1, 0.15) is 290 Å². The molecule has 1 heterocycles. The number of carbonyl (C=O) groups is 4. The van der Waals surface area contributed by atoms with E-state index in [1.807, 2.05) is 0 Å². The van der Waals surface area contributed by atoms with E-state index in [9.17, 15) is 34.5 Å². The largest absolute Gasteiger partial charge is 0.479 e. The average Bonchev–Trinajstić information content (AvgIpc) is 3.42. The van der Waals surface area contributed by atoms with Gasteiger partial charge in [0.25, 0.3) is 0 Å². The van der Waals surface area contributed by atoms with E-state index in [1.54, 1.807) is 0 Å². The summed E-state index contributed by atoms with van der Waals surface area (Å²) in [5.41, 5.74) is 0. The molecule has 0 aliphatic carbocycles. The van der Waals surface area contributed by atoms with Crippen molar-refractivity contribution in [2.24, 2.45) is 0 Å². The first-order valence-electron chi connectivity index (χ1n) is 31.6. The van der Waals surface area contributed by atoms with Crippen LogP contribution in [-0.2, 0) is 42.9 Å². The van der Waals surface area contributed by atoms with Crippen LogP contribution in [-0.4, -0.2) is 89.2 Å². The van der Waals surface area contributed by atoms with E-state index in [-0.39, 0.29) is 25.9 Å². The molecule has 0 radical (unpaired) electrons. The molecule has 0 saturated carbocycles. The zero-order chi connectivity index (χ0) is 56.1. The van der Waals surface area contributed by atoms with Gasteiger partial charge in [-0.25, -0.2) is 4.79 Å². The number of carboxylic acids is 1. The van der Waals surface area contributed by atoms with Gasteiger partial charge < -0.3 is 39.0 Å². The molecule has 1 fully saturated rings. The molecule has 0 bridgehead atoms. The Balaban J connectivity index is 2.65. The van der Waals surface area contributed by atoms with Crippen molar-refractivity contribution >= 4 is 23.9 Å². The Labute approximate surface area is 469 Å². The highest BCUT2D eigenvalue weighted by Crippen LogP contribution is 2.27. The molecule has 0 aromatic heterocycles. The lowest BCUT2D eigenvalue weighted by molar-refractivity contribution is -0.301. The van der Waals surface area contributed by atoms with Crippen molar-refractivity contribution in [2.75, 3.05) is 13.2 Å². The van der Waals surface area contributed by atoms with E-state index >= 15 is 0 Å². The third-order valence-electron chi connectivity index (χ3n) is 14.4. The Hall–Kier alpha value is -3.32. The molecule has 1 aliphatic rings. The van der Waals surface area contributed by atoms with Gasteiger partial charge >= 0.3 is 23.9 Å². The quantitative estimate of drug-likeness (QED) is 0.0228. The fourth-order valence-electron chi connectivity index (χ4n) is 9.56. The van der Waals surface area contributed by atoms with Gasteiger partial charge in [-0.05, 0) is 77.0 Å². The summed E-state index contributed by atoms with van der Waals surface area (Å²) in [6.07, 6.45) is 52.1. The van der Waals surface area contributed by atoms with Crippen LogP contribution in [0, 0.1) is 0 Å².